The third kappa shape index (κ3) is 8.65. The number of urea groups is 1. The molecule has 43 heavy (non-hydrogen) atoms. The number of anilines is 2. The molecule has 0 saturated carbocycles. The topological polar surface area (TPSA) is 109 Å². The first-order chi connectivity index (χ1) is 20.3. The lowest BCUT2D eigenvalue weighted by molar-refractivity contribution is -0.111. The Bertz CT molecular complexity index is 1520. The van der Waals surface area contributed by atoms with E-state index in [0.717, 1.165) is 0 Å². The Labute approximate surface area is 265 Å². The standard InChI is InChI=1S/C30H33Cl3N6O4/c1-19-22(27(33)39(36-19)18-23-24(31)9-6-10-25(23)32)11-12-26(40)34-20-7-5-8-21(17-20)35-28(41)37-13-15-38(16-14-37)29(42)43-30(2,3)4/h5-12,17H,13-16,18H2,1-4H3,(H,34,40)(H,35,41)/b12-11+. The molecule has 1 aliphatic heterocycles. The zero-order valence-electron chi connectivity index (χ0n) is 24.3. The molecule has 4 amide bonds. The van der Waals surface area contributed by atoms with E-state index in [-0.39, 0.29) is 18.5 Å². The molecule has 1 saturated heterocycles. The molecular weight excluding hydrogens is 615 g/mol. The van der Waals surface area contributed by atoms with Gasteiger partial charge in [-0.15, -0.1) is 0 Å². The van der Waals surface area contributed by atoms with E-state index in [1.165, 1.54) is 6.08 Å². The maximum absolute atomic E-state index is 12.8. The minimum absolute atomic E-state index is 0.274. The van der Waals surface area contributed by atoms with Crippen molar-refractivity contribution in [3.63, 3.8) is 0 Å². The van der Waals surface area contributed by atoms with Crippen LogP contribution in [0.25, 0.3) is 6.08 Å². The molecule has 0 bridgehead atoms. The highest BCUT2D eigenvalue weighted by atomic mass is 35.5. The third-order valence-corrected chi connectivity index (χ3v) is 7.59. The van der Waals surface area contributed by atoms with E-state index < -0.39 is 11.7 Å². The van der Waals surface area contributed by atoms with E-state index in [9.17, 15) is 14.4 Å². The Balaban J connectivity index is 1.32. The molecule has 0 unspecified atom stereocenters. The number of piperazine rings is 1. The fourth-order valence-corrected chi connectivity index (χ4v) is 5.15. The molecule has 10 nitrogen and oxygen atoms in total. The van der Waals surface area contributed by atoms with Gasteiger partial charge in [0.1, 0.15) is 10.8 Å². The van der Waals surface area contributed by atoms with Crippen LogP contribution in [0, 0.1) is 6.92 Å². The highest BCUT2D eigenvalue weighted by Crippen LogP contribution is 2.28. The number of amides is 4. The molecule has 2 N–H and O–H groups in total. The SMILES string of the molecule is Cc1nn(Cc2c(Cl)cccc2Cl)c(Cl)c1/C=C/C(=O)Nc1cccc(NC(=O)N2CCN(C(=O)OC(C)(C)C)CC2)c1. The van der Waals surface area contributed by atoms with Gasteiger partial charge in [0.15, 0.2) is 0 Å². The normalized spacial score (nSPS) is 13.7. The first-order valence-corrected chi connectivity index (χ1v) is 14.7. The van der Waals surface area contributed by atoms with Crippen molar-refractivity contribution < 1.29 is 19.1 Å². The molecule has 0 atom stereocenters. The predicted molar refractivity (Wildman–Crippen MR) is 170 cm³/mol. The number of hydrogen-bond acceptors (Lipinski definition) is 5. The summed E-state index contributed by atoms with van der Waals surface area (Å²) in [6.45, 7) is 9.00. The smallest absolute Gasteiger partial charge is 0.410 e. The van der Waals surface area contributed by atoms with E-state index in [2.05, 4.69) is 15.7 Å². The van der Waals surface area contributed by atoms with E-state index in [1.807, 2.05) is 20.8 Å². The van der Waals surface area contributed by atoms with Gasteiger partial charge in [-0.1, -0.05) is 46.9 Å². The van der Waals surface area contributed by atoms with E-state index in [4.69, 9.17) is 39.5 Å². The van der Waals surface area contributed by atoms with Gasteiger partial charge in [-0.25, -0.2) is 14.3 Å². The molecule has 0 radical (unpaired) electrons. The Morgan fingerprint density at radius 2 is 1.51 bits per heavy atom. The summed E-state index contributed by atoms with van der Waals surface area (Å²) in [5.74, 6) is -0.390. The molecule has 13 heteroatoms. The Hall–Kier alpha value is -3.73. The summed E-state index contributed by atoms with van der Waals surface area (Å²) in [6.07, 6.45) is 2.56. The molecule has 1 aromatic heterocycles. The molecule has 2 heterocycles. The van der Waals surface area contributed by atoms with Gasteiger partial charge in [0.2, 0.25) is 5.91 Å². The molecule has 3 aromatic rings. The Morgan fingerprint density at radius 3 is 2.14 bits per heavy atom. The van der Waals surface area contributed by atoms with Crippen LogP contribution in [0.4, 0.5) is 21.0 Å². The molecule has 1 fully saturated rings. The summed E-state index contributed by atoms with van der Waals surface area (Å²) in [5, 5.41) is 11.5. The fourth-order valence-electron chi connectivity index (χ4n) is 4.33. The van der Waals surface area contributed by atoms with Crippen LogP contribution in [0.15, 0.2) is 48.5 Å². The number of rotatable bonds is 6. The molecular formula is C30H33Cl3N6O4. The summed E-state index contributed by atoms with van der Waals surface area (Å²) in [4.78, 5) is 41.0. The van der Waals surface area contributed by atoms with Gasteiger partial charge in [0.25, 0.3) is 0 Å². The quantitative estimate of drug-likeness (QED) is 0.282. The summed E-state index contributed by atoms with van der Waals surface area (Å²) >= 11 is 19.2. The number of ether oxygens (including phenoxy) is 1. The number of aryl methyl sites for hydroxylation is 1. The average molecular weight is 648 g/mol. The van der Waals surface area contributed by atoms with E-state index in [0.29, 0.717) is 69.6 Å². The van der Waals surface area contributed by atoms with Crippen LogP contribution in [0.5, 0.6) is 0 Å². The molecule has 2 aromatic carbocycles. The summed E-state index contributed by atoms with van der Waals surface area (Å²) < 4.78 is 6.98. The van der Waals surface area contributed by atoms with Crippen molar-refractivity contribution in [1.82, 2.24) is 19.6 Å². The second-order valence-electron chi connectivity index (χ2n) is 10.9. The van der Waals surface area contributed by atoms with Crippen molar-refractivity contribution in [2.24, 2.45) is 0 Å². The van der Waals surface area contributed by atoms with Crippen LogP contribution in [-0.2, 0) is 16.1 Å². The van der Waals surface area contributed by atoms with Crippen molar-refractivity contribution in [3.05, 3.63) is 80.6 Å². The number of carbonyl (C=O) groups is 3. The van der Waals surface area contributed by atoms with Crippen molar-refractivity contribution in [1.29, 1.82) is 0 Å². The van der Waals surface area contributed by atoms with Crippen LogP contribution in [0.2, 0.25) is 15.2 Å². The summed E-state index contributed by atoms with van der Waals surface area (Å²) in [6, 6.07) is 11.8. The zero-order chi connectivity index (χ0) is 31.3. The largest absolute Gasteiger partial charge is 0.444 e. The summed E-state index contributed by atoms with van der Waals surface area (Å²) in [5.41, 5.74) is 2.35. The van der Waals surface area contributed by atoms with Gasteiger partial charge >= 0.3 is 12.1 Å². The van der Waals surface area contributed by atoms with Crippen molar-refractivity contribution in [3.8, 4) is 0 Å². The van der Waals surface area contributed by atoms with E-state index >= 15 is 0 Å². The second-order valence-corrected chi connectivity index (χ2v) is 12.1. The molecule has 4 rings (SSSR count). The van der Waals surface area contributed by atoms with Crippen molar-refractivity contribution >= 4 is 70.3 Å². The summed E-state index contributed by atoms with van der Waals surface area (Å²) in [7, 11) is 0. The third-order valence-electron chi connectivity index (χ3n) is 6.48. The minimum Gasteiger partial charge on any atom is -0.444 e. The molecule has 0 spiro atoms. The Morgan fingerprint density at radius 1 is 0.930 bits per heavy atom. The number of carbonyl (C=O) groups excluding carboxylic acids is 3. The number of halogens is 3. The van der Waals surface area contributed by atoms with E-state index in [1.54, 1.807) is 69.9 Å². The molecule has 0 aliphatic carbocycles. The fraction of sp³-hybridized carbons (Fsp3) is 0.333. The number of nitrogens with one attached hydrogen (secondary N) is 2. The monoisotopic (exact) mass is 646 g/mol. The van der Waals surface area contributed by atoms with Gasteiger partial charge in [-0.2, -0.15) is 5.10 Å². The second kappa shape index (κ2) is 13.7. The number of benzene rings is 2. The average Bonchev–Trinajstić information content (AvgIpc) is 3.20. The van der Waals surface area contributed by atoms with Crippen molar-refractivity contribution in [2.45, 2.75) is 39.8 Å². The van der Waals surface area contributed by atoms with Crippen LogP contribution < -0.4 is 10.6 Å². The van der Waals surface area contributed by atoms with Crippen LogP contribution in [-0.4, -0.2) is 69.4 Å². The highest BCUT2D eigenvalue weighted by molar-refractivity contribution is 6.36. The first kappa shape index (κ1) is 32.2. The predicted octanol–water partition coefficient (Wildman–Crippen LogP) is 6.94. The lowest BCUT2D eigenvalue weighted by atomic mass is 10.2. The maximum atomic E-state index is 12.8. The molecule has 228 valence electrons. The van der Waals surface area contributed by atoms with Gasteiger partial charge in [-0.05, 0) is 64.1 Å². The maximum Gasteiger partial charge on any atom is 0.410 e. The minimum atomic E-state index is -0.579. The number of nitrogens with zero attached hydrogens (tertiary/aromatic N) is 4. The van der Waals surface area contributed by atoms with Crippen LogP contribution in [0.1, 0.15) is 37.6 Å². The number of hydrogen-bond donors (Lipinski definition) is 2. The Kier molecular flexibility index (Phi) is 10.3. The van der Waals surface area contributed by atoms with Crippen LogP contribution in [0.3, 0.4) is 0 Å². The lowest BCUT2D eigenvalue weighted by Crippen LogP contribution is -2.52. The molecule has 1 aliphatic rings. The van der Waals surface area contributed by atoms with Gasteiger partial charge in [0, 0.05) is 64.8 Å². The zero-order valence-corrected chi connectivity index (χ0v) is 26.6. The van der Waals surface area contributed by atoms with Crippen LogP contribution >= 0.6 is 34.8 Å². The first-order valence-electron chi connectivity index (χ1n) is 13.6. The highest BCUT2D eigenvalue weighted by Gasteiger charge is 2.27. The van der Waals surface area contributed by atoms with Gasteiger partial charge < -0.3 is 25.2 Å². The van der Waals surface area contributed by atoms with Gasteiger partial charge in [0.05, 0.1) is 12.2 Å². The lowest BCUT2D eigenvalue weighted by Gasteiger charge is -2.35. The number of aromatic nitrogens is 2. The van der Waals surface area contributed by atoms with Crippen molar-refractivity contribution in [2.75, 3.05) is 36.8 Å². The van der Waals surface area contributed by atoms with Gasteiger partial charge in [-0.3, -0.25) is 4.79 Å².